The van der Waals surface area contributed by atoms with Crippen LogP contribution in [-0.2, 0) is 20.9 Å². The summed E-state index contributed by atoms with van der Waals surface area (Å²) >= 11 is 0. The minimum absolute atomic E-state index is 0.0639. The van der Waals surface area contributed by atoms with Crippen molar-refractivity contribution in [2.75, 3.05) is 6.54 Å². The van der Waals surface area contributed by atoms with Gasteiger partial charge in [0.2, 0.25) is 5.91 Å². The van der Waals surface area contributed by atoms with Gasteiger partial charge < -0.3 is 9.64 Å². The van der Waals surface area contributed by atoms with Crippen molar-refractivity contribution < 1.29 is 14.3 Å². The van der Waals surface area contributed by atoms with Gasteiger partial charge >= 0.3 is 5.97 Å². The molecule has 2 atom stereocenters. The van der Waals surface area contributed by atoms with Crippen molar-refractivity contribution >= 4 is 17.5 Å². The van der Waals surface area contributed by atoms with Crippen molar-refractivity contribution in [2.24, 2.45) is 5.92 Å². The number of carbonyl (C=O) groups is 2. The minimum Gasteiger partial charge on any atom is -0.459 e. The van der Waals surface area contributed by atoms with E-state index in [1.54, 1.807) is 17.2 Å². The third-order valence-corrected chi connectivity index (χ3v) is 5.54. The second kappa shape index (κ2) is 8.10. The van der Waals surface area contributed by atoms with Gasteiger partial charge in [-0.15, -0.1) is 0 Å². The van der Waals surface area contributed by atoms with Crippen LogP contribution in [0.4, 0.5) is 0 Å². The first-order valence-electron chi connectivity index (χ1n) is 9.93. The van der Waals surface area contributed by atoms with E-state index >= 15 is 0 Å². The van der Waals surface area contributed by atoms with Gasteiger partial charge in [-0.2, -0.15) is 0 Å². The van der Waals surface area contributed by atoms with Gasteiger partial charge in [-0.3, -0.25) is 18.8 Å². The molecule has 3 heterocycles. The van der Waals surface area contributed by atoms with Crippen molar-refractivity contribution in [2.45, 2.75) is 32.9 Å². The van der Waals surface area contributed by atoms with E-state index < -0.39 is 11.9 Å². The van der Waals surface area contributed by atoms with Gasteiger partial charge in [0, 0.05) is 25.2 Å². The number of aryl methyl sites for hydroxylation is 1. The average Bonchev–Trinajstić information content (AvgIpc) is 3.14. The number of hydrogen-bond donors (Lipinski definition) is 0. The Kier molecular flexibility index (Phi) is 5.35. The van der Waals surface area contributed by atoms with Crippen LogP contribution in [0.3, 0.4) is 0 Å². The van der Waals surface area contributed by atoms with E-state index in [9.17, 15) is 14.4 Å². The average molecular weight is 405 g/mol. The molecular weight excluding hydrogens is 382 g/mol. The minimum atomic E-state index is -0.521. The molecule has 2 aromatic heterocycles. The van der Waals surface area contributed by atoms with Crippen LogP contribution >= 0.6 is 0 Å². The maximum atomic E-state index is 12.6. The summed E-state index contributed by atoms with van der Waals surface area (Å²) in [7, 11) is 0. The first-order chi connectivity index (χ1) is 14.4. The van der Waals surface area contributed by atoms with Crippen molar-refractivity contribution in [3.8, 4) is 0 Å². The number of carbonyl (C=O) groups excluding carboxylic acids is 2. The Morgan fingerprint density at radius 3 is 2.73 bits per heavy atom. The van der Waals surface area contributed by atoms with Gasteiger partial charge in [0.15, 0.2) is 0 Å². The molecule has 1 fully saturated rings. The second-order valence-electron chi connectivity index (χ2n) is 7.61. The van der Waals surface area contributed by atoms with Crippen LogP contribution in [0, 0.1) is 12.8 Å². The molecular formula is C23H23N3O4. The summed E-state index contributed by atoms with van der Waals surface area (Å²) in [4.78, 5) is 43.5. The van der Waals surface area contributed by atoms with Crippen LogP contribution in [0.2, 0.25) is 0 Å². The SMILES string of the molecule is Cc1cccn2c(=O)cc(COC(=O)[C@@H]3CC(=O)N([C@@H](C)c4ccccc4)C3)nc12. The zero-order valence-electron chi connectivity index (χ0n) is 16.9. The number of likely N-dealkylation sites (tertiary alicyclic amines) is 1. The van der Waals surface area contributed by atoms with Crippen molar-refractivity contribution in [1.82, 2.24) is 14.3 Å². The highest BCUT2D eigenvalue weighted by atomic mass is 16.5. The van der Waals surface area contributed by atoms with Crippen molar-refractivity contribution in [3.63, 3.8) is 0 Å². The summed E-state index contributed by atoms with van der Waals surface area (Å²) in [6.07, 6.45) is 1.78. The molecule has 4 rings (SSSR count). The monoisotopic (exact) mass is 405 g/mol. The Morgan fingerprint density at radius 2 is 1.97 bits per heavy atom. The van der Waals surface area contributed by atoms with Crippen LogP contribution in [0.5, 0.6) is 0 Å². The normalized spacial score (nSPS) is 17.3. The number of amides is 1. The van der Waals surface area contributed by atoms with E-state index in [2.05, 4.69) is 4.98 Å². The molecule has 1 aliphatic rings. The summed E-state index contributed by atoms with van der Waals surface area (Å²) in [5.41, 5.74) is 2.58. The molecule has 1 aliphatic heterocycles. The number of hydrogen-bond acceptors (Lipinski definition) is 5. The second-order valence-corrected chi connectivity index (χ2v) is 7.61. The first-order valence-corrected chi connectivity index (χ1v) is 9.93. The molecule has 0 unspecified atom stereocenters. The number of esters is 1. The van der Waals surface area contributed by atoms with Crippen LogP contribution in [-0.4, -0.2) is 32.7 Å². The third kappa shape index (κ3) is 3.83. The van der Waals surface area contributed by atoms with E-state index in [0.717, 1.165) is 11.1 Å². The maximum Gasteiger partial charge on any atom is 0.311 e. The topological polar surface area (TPSA) is 81.0 Å². The number of aromatic nitrogens is 2. The molecule has 7 nitrogen and oxygen atoms in total. The van der Waals surface area contributed by atoms with Gasteiger partial charge in [0.05, 0.1) is 17.7 Å². The van der Waals surface area contributed by atoms with Gasteiger partial charge in [-0.05, 0) is 31.0 Å². The third-order valence-electron chi connectivity index (χ3n) is 5.54. The highest BCUT2D eigenvalue weighted by Gasteiger charge is 2.37. The van der Waals surface area contributed by atoms with Crippen LogP contribution in [0.15, 0.2) is 59.5 Å². The van der Waals surface area contributed by atoms with Gasteiger partial charge in [0.1, 0.15) is 12.3 Å². The van der Waals surface area contributed by atoms with Gasteiger partial charge in [-0.25, -0.2) is 4.98 Å². The molecule has 3 aromatic rings. The zero-order valence-corrected chi connectivity index (χ0v) is 16.9. The number of pyridine rings is 1. The number of rotatable bonds is 5. The molecule has 0 aliphatic carbocycles. The first kappa shape index (κ1) is 19.8. The smallest absolute Gasteiger partial charge is 0.311 e. The quantitative estimate of drug-likeness (QED) is 0.610. The molecule has 154 valence electrons. The van der Waals surface area contributed by atoms with Crippen LogP contribution in [0.25, 0.3) is 5.65 Å². The fraction of sp³-hybridized carbons (Fsp3) is 0.304. The molecule has 1 amide bonds. The number of nitrogens with zero attached hydrogens (tertiary/aromatic N) is 3. The maximum absolute atomic E-state index is 12.6. The Morgan fingerprint density at radius 1 is 1.20 bits per heavy atom. The zero-order chi connectivity index (χ0) is 21.3. The fourth-order valence-corrected chi connectivity index (χ4v) is 3.82. The lowest BCUT2D eigenvalue weighted by Gasteiger charge is -2.25. The summed E-state index contributed by atoms with van der Waals surface area (Å²) in [5.74, 6) is -1.03. The largest absolute Gasteiger partial charge is 0.459 e. The summed E-state index contributed by atoms with van der Waals surface area (Å²) < 4.78 is 6.87. The van der Waals surface area contributed by atoms with Crippen molar-refractivity contribution in [1.29, 1.82) is 0 Å². The molecule has 7 heteroatoms. The predicted octanol–water partition coefficient (Wildman–Crippen LogP) is 2.66. The Balaban J connectivity index is 1.43. The molecule has 1 saturated heterocycles. The summed E-state index contributed by atoms with van der Waals surface area (Å²) in [5, 5.41) is 0. The van der Waals surface area contributed by atoms with Crippen molar-refractivity contribution in [3.05, 3.63) is 81.9 Å². The van der Waals surface area contributed by atoms with E-state index in [1.807, 2.05) is 50.2 Å². The highest BCUT2D eigenvalue weighted by molar-refractivity contribution is 5.87. The molecule has 30 heavy (non-hydrogen) atoms. The van der Waals surface area contributed by atoms with Crippen LogP contribution < -0.4 is 5.56 Å². The molecule has 0 N–H and O–H groups in total. The Hall–Kier alpha value is -3.48. The Labute approximate surface area is 173 Å². The van der Waals surface area contributed by atoms with E-state index in [1.165, 1.54) is 10.5 Å². The lowest BCUT2D eigenvalue weighted by atomic mass is 10.1. The van der Waals surface area contributed by atoms with Gasteiger partial charge in [-0.1, -0.05) is 36.4 Å². The van der Waals surface area contributed by atoms with Gasteiger partial charge in [0.25, 0.3) is 5.56 Å². The number of fused-ring (bicyclic) bond motifs is 1. The molecule has 1 aromatic carbocycles. The predicted molar refractivity (Wildman–Crippen MR) is 111 cm³/mol. The number of benzene rings is 1. The Bertz CT molecular complexity index is 1160. The molecule has 0 bridgehead atoms. The highest BCUT2D eigenvalue weighted by Crippen LogP contribution is 2.29. The molecule has 0 radical (unpaired) electrons. The van der Waals surface area contributed by atoms with Crippen LogP contribution in [0.1, 0.15) is 36.2 Å². The molecule has 0 saturated carbocycles. The standard InChI is InChI=1S/C23H23N3O4/c1-15-7-6-10-25-21(28)12-19(24-22(15)25)14-30-23(29)18-11-20(27)26(13-18)16(2)17-8-4-3-5-9-17/h3-10,12,16,18H,11,13-14H2,1-2H3/t16-,18+/m0/s1. The lowest BCUT2D eigenvalue weighted by Crippen LogP contribution is -2.29. The number of ether oxygens (including phenoxy) is 1. The summed E-state index contributed by atoms with van der Waals surface area (Å²) in [6, 6.07) is 14.6. The van der Waals surface area contributed by atoms with E-state index in [0.29, 0.717) is 17.9 Å². The molecule has 0 spiro atoms. The fourth-order valence-electron chi connectivity index (χ4n) is 3.82. The summed E-state index contributed by atoms with van der Waals surface area (Å²) in [6.45, 7) is 4.04. The lowest BCUT2D eigenvalue weighted by molar-refractivity contribution is -0.149. The van der Waals surface area contributed by atoms with E-state index in [4.69, 9.17) is 4.74 Å². The van der Waals surface area contributed by atoms with E-state index in [-0.39, 0.29) is 30.5 Å².